The van der Waals surface area contributed by atoms with Crippen molar-refractivity contribution in [3.05, 3.63) is 70.7 Å². The first-order chi connectivity index (χ1) is 12.1. The Balaban J connectivity index is 1.70. The summed E-state index contributed by atoms with van der Waals surface area (Å²) >= 11 is 3.40. The van der Waals surface area contributed by atoms with Crippen LogP contribution in [-0.4, -0.2) is 27.8 Å². The van der Waals surface area contributed by atoms with Crippen LogP contribution in [0.1, 0.15) is 28.9 Å². The Morgan fingerprint density at radius 2 is 2.00 bits per heavy atom. The lowest BCUT2D eigenvalue weighted by Gasteiger charge is -2.15. The number of nitrogens with one attached hydrogen (secondary N) is 1. The van der Waals surface area contributed by atoms with Gasteiger partial charge in [-0.25, -0.2) is 9.67 Å². The number of aromatic nitrogens is 3. The van der Waals surface area contributed by atoms with E-state index in [0.717, 1.165) is 15.7 Å². The molecule has 1 unspecified atom stereocenters. The van der Waals surface area contributed by atoms with Crippen molar-refractivity contribution < 1.29 is 9.53 Å². The summed E-state index contributed by atoms with van der Waals surface area (Å²) in [5.74, 6) is 0.546. The minimum atomic E-state index is -0.142. The van der Waals surface area contributed by atoms with Crippen LogP contribution in [0.5, 0.6) is 5.75 Å². The second-order valence-electron chi connectivity index (χ2n) is 5.48. The van der Waals surface area contributed by atoms with E-state index in [1.807, 2.05) is 31.2 Å². The smallest absolute Gasteiger partial charge is 0.251 e. The molecule has 0 aliphatic carbocycles. The van der Waals surface area contributed by atoms with Crippen LogP contribution in [0, 0.1) is 0 Å². The number of rotatable bonds is 5. The second kappa shape index (κ2) is 7.48. The van der Waals surface area contributed by atoms with Crippen LogP contribution >= 0.6 is 15.9 Å². The van der Waals surface area contributed by atoms with Crippen LogP contribution in [0.15, 0.2) is 59.6 Å². The molecule has 3 aromatic rings. The summed E-state index contributed by atoms with van der Waals surface area (Å²) < 4.78 is 7.61. The fraction of sp³-hybridized carbons (Fsp3) is 0.167. The van der Waals surface area contributed by atoms with Crippen molar-refractivity contribution in [2.24, 2.45) is 0 Å². The first-order valence-electron chi connectivity index (χ1n) is 7.68. The van der Waals surface area contributed by atoms with Gasteiger partial charge in [-0.2, -0.15) is 5.10 Å². The largest absolute Gasteiger partial charge is 0.496 e. The molecule has 2 aromatic carbocycles. The molecule has 1 heterocycles. The number of methoxy groups -OCH3 is 1. The molecule has 7 heteroatoms. The van der Waals surface area contributed by atoms with Gasteiger partial charge in [0.1, 0.15) is 18.4 Å². The van der Waals surface area contributed by atoms with E-state index in [0.29, 0.717) is 11.3 Å². The summed E-state index contributed by atoms with van der Waals surface area (Å²) in [6.45, 7) is 1.95. The van der Waals surface area contributed by atoms with Crippen molar-refractivity contribution in [3.63, 3.8) is 0 Å². The number of amides is 1. The van der Waals surface area contributed by atoms with E-state index in [2.05, 4.69) is 31.3 Å². The number of carbonyl (C=O) groups is 1. The number of carbonyl (C=O) groups excluding carboxylic acids is 1. The molecule has 0 saturated heterocycles. The normalized spacial score (nSPS) is 11.8. The molecular formula is C18H17BrN4O2. The average molecular weight is 401 g/mol. The predicted molar refractivity (Wildman–Crippen MR) is 97.9 cm³/mol. The molecule has 1 atom stereocenters. The molecule has 3 rings (SSSR count). The van der Waals surface area contributed by atoms with Gasteiger partial charge in [0.2, 0.25) is 0 Å². The Labute approximate surface area is 154 Å². The van der Waals surface area contributed by atoms with Gasteiger partial charge in [0.15, 0.2) is 0 Å². The lowest BCUT2D eigenvalue weighted by molar-refractivity contribution is 0.0940. The Morgan fingerprint density at radius 3 is 2.60 bits per heavy atom. The number of hydrogen-bond acceptors (Lipinski definition) is 4. The molecule has 0 bridgehead atoms. The van der Waals surface area contributed by atoms with Gasteiger partial charge in [0.05, 0.1) is 23.3 Å². The molecule has 1 amide bonds. The highest BCUT2D eigenvalue weighted by Crippen LogP contribution is 2.26. The van der Waals surface area contributed by atoms with Crippen LogP contribution in [-0.2, 0) is 0 Å². The van der Waals surface area contributed by atoms with Gasteiger partial charge >= 0.3 is 0 Å². The van der Waals surface area contributed by atoms with Crippen molar-refractivity contribution in [2.75, 3.05) is 7.11 Å². The van der Waals surface area contributed by atoms with E-state index in [-0.39, 0.29) is 11.9 Å². The quantitative estimate of drug-likeness (QED) is 0.710. The topological polar surface area (TPSA) is 69.0 Å². The van der Waals surface area contributed by atoms with Gasteiger partial charge in [0, 0.05) is 5.56 Å². The van der Waals surface area contributed by atoms with Crippen LogP contribution in [0.3, 0.4) is 0 Å². The first-order valence-corrected chi connectivity index (χ1v) is 8.47. The standard InChI is InChI=1S/C18H17BrN4O2/c1-12(13-3-6-15(7-4-13)23-11-20-10-21-23)22-18(24)14-5-8-17(25-2)16(19)9-14/h3-12H,1-2H3,(H,22,24). The van der Waals surface area contributed by atoms with Crippen molar-refractivity contribution in [2.45, 2.75) is 13.0 Å². The SMILES string of the molecule is COc1ccc(C(=O)NC(C)c2ccc(-n3cncn3)cc2)cc1Br. The maximum atomic E-state index is 12.4. The molecule has 25 heavy (non-hydrogen) atoms. The third-order valence-electron chi connectivity index (χ3n) is 3.84. The number of hydrogen-bond donors (Lipinski definition) is 1. The van der Waals surface area contributed by atoms with E-state index in [9.17, 15) is 4.79 Å². The third-order valence-corrected chi connectivity index (χ3v) is 4.46. The number of halogens is 1. The summed E-state index contributed by atoms with van der Waals surface area (Å²) in [7, 11) is 1.59. The lowest BCUT2D eigenvalue weighted by atomic mass is 10.1. The lowest BCUT2D eigenvalue weighted by Crippen LogP contribution is -2.26. The molecular weight excluding hydrogens is 384 g/mol. The molecule has 1 N–H and O–H groups in total. The van der Waals surface area contributed by atoms with E-state index >= 15 is 0 Å². The number of benzene rings is 2. The zero-order chi connectivity index (χ0) is 17.8. The monoisotopic (exact) mass is 400 g/mol. The molecule has 0 saturated carbocycles. The third kappa shape index (κ3) is 3.88. The van der Waals surface area contributed by atoms with Crippen molar-refractivity contribution in [1.82, 2.24) is 20.1 Å². The Bertz CT molecular complexity index is 863. The molecule has 0 aliphatic heterocycles. The number of ether oxygens (including phenoxy) is 1. The van der Waals surface area contributed by atoms with Crippen molar-refractivity contribution >= 4 is 21.8 Å². The summed E-state index contributed by atoms with van der Waals surface area (Å²) in [4.78, 5) is 16.4. The van der Waals surface area contributed by atoms with Crippen LogP contribution < -0.4 is 10.1 Å². The molecule has 0 aliphatic rings. The summed E-state index contributed by atoms with van der Waals surface area (Å²) in [6, 6.07) is 12.9. The van der Waals surface area contributed by atoms with Crippen molar-refractivity contribution in [3.8, 4) is 11.4 Å². The van der Waals surface area contributed by atoms with Crippen LogP contribution in [0.25, 0.3) is 5.69 Å². The summed E-state index contributed by atoms with van der Waals surface area (Å²) in [6.07, 6.45) is 3.13. The van der Waals surface area contributed by atoms with Crippen molar-refractivity contribution in [1.29, 1.82) is 0 Å². The Hall–Kier alpha value is -2.67. The molecule has 0 fully saturated rings. The maximum Gasteiger partial charge on any atom is 0.251 e. The van der Waals surface area contributed by atoms with Gasteiger partial charge in [-0.3, -0.25) is 4.79 Å². The van der Waals surface area contributed by atoms with Gasteiger partial charge in [0.25, 0.3) is 5.91 Å². The van der Waals surface area contributed by atoms with Gasteiger partial charge in [-0.05, 0) is 58.7 Å². The predicted octanol–water partition coefficient (Wildman–Crippen LogP) is 3.53. The fourth-order valence-electron chi connectivity index (χ4n) is 2.43. The number of nitrogens with zero attached hydrogens (tertiary/aromatic N) is 3. The molecule has 6 nitrogen and oxygen atoms in total. The van der Waals surface area contributed by atoms with Gasteiger partial charge < -0.3 is 10.1 Å². The van der Waals surface area contributed by atoms with Gasteiger partial charge in [-0.15, -0.1) is 0 Å². The second-order valence-corrected chi connectivity index (χ2v) is 6.33. The zero-order valence-corrected chi connectivity index (χ0v) is 15.4. The molecule has 0 spiro atoms. The minimum Gasteiger partial charge on any atom is -0.496 e. The Kier molecular flexibility index (Phi) is 5.14. The molecule has 1 aromatic heterocycles. The highest BCUT2D eigenvalue weighted by atomic mass is 79.9. The van der Waals surface area contributed by atoms with Crippen LogP contribution in [0.2, 0.25) is 0 Å². The zero-order valence-electron chi connectivity index (χ0n) is 13.8. The highest BCUT2D eigenvalue weighted by Gasteiger charge is 2.13. The maximum absolute atomic E-state index is 12.4. The fourth-order valence-corrected chi connectivity index (χ4v) is 2.97. The van der Waals surface area contributed by atoms with E-state index in [4.69, 9.17) is 4.74 Å². The molecule has 0 radical (unpaired) electrons. The molecule has 128 valence electrons. The van der Waals surface area contributed by atoms with E-state index in [1.54, 1.807) is 36.3 Å². The van der Waals surface area contributed by atoms with Crippen LogP contribution in [0.4, 0.5) is 0 Å². The average Bonchev–Trinajstić information content (AvgIpc) is 3.16. The summed E-state index contributed by atoms with van der Waals surface area (Å²) in [5.41, 5.74) is 2.49. The Morgan fingerprint density at radius 1 is 1.24 bits per heavy atom. The van der Waals surface area contributed by atoms with E-state index < -0.39 is 0 Å². The summed E-state index contributed by atoms with van der Waals surface area (Å²) in [5, 5.41) is 7.09. The van der Waals surface area contributed by atoms with Gasteiger partial charge in [-0.1, -0.05) is 12.1 Å². The first kappa shape index (κ1) is 17.2. The van der Waals surface area contributed by atoms with E-state index in [1.165, 1.54) is 6.33 Å². The highest BCUT2D eigenvalue weighted by molar-refractivity contribution is 9.10. The minimum absolute atomic E-state index is 0.127.